The lowest BCUT2D eigenvalue weighted by atomic mass is 9.97. The van der Waals surface area contributed by atoms with E-state index in [2.05, 4.69) is 26.1 Å². The van der Waals surface area contributed by atoms with Crippen molar-refractivity contribution in [1.29, 1.82) is 0 Å². The van der Waals surface area contributed by atoms with E-state index >= 15 is 0 Å². The SMILES string of the molecule is CCOC1(OCC)CCC(NC(=O)c2ccc(Br)cc2)C(N2CCC2)CC1. The molecule has 2 fully saturated rings. The van der Waals surface area contributed by atoms with Gasteiger partial charge in [-0.25, -0.2) is 0 Å². The van der Waals surface area contributed by atoms with Crippen LogP contribution in [0.25, 0.3) is 0 Å². The summed E-state index contributed by atoms with van der Waals surface area (Å²) in [5.41, 5.74) is 0.700. The van der Waals surface area contributed by atoms with Crippen LogP contribution in [0.2, 0.25) is 0 Å². The number of amides is 1. The highest BCUT2D eigenvalue weighted by atomic mass is 79.9. The summed E-state index contributed by atoms with van der Waals surface area (Å²) in [6, 6.07) is 8.00. The molecule has 0 spiro atoms. The Morgan fingerprint density at radius 3 is 2.33 bits per heavy atom. The van der Waals surface area contributed by atoms with E-state index in [1.807, 2.05) is 38.1 Å². The molecule has 1 aliphatic carbocycles. The highest BCUT2D eigenvalue weighted by Gasteiger charge is 2.41. The summed E-state index contributed by atoms with van der Waals surface area (Å²) in [4.78, 5) is 15.3. The van der Waals surface area contributed by atoms with Gasteiger partial charge in [0.05, 0.1) is 0 Å². The Hall–Kier alpha value is -0.950. The van der Waals surface area contributed by atoms with Crippen LogP contribution in [0, 0.1) is 0 Å². The number of hydrogen-bond acceptors (Lipinski definition) is 4. The number of carbonyl (C=O) groups is 1. The zero-order valence-electron chi connectivity index (χ0n) is 16.4. The van der Waals surface area contributed by atoms with Crippen molar-refractivity contribution in [3.63, 3.8) is 0 Å². The number of nitrogens with zero attached hydrogens (tertiary/aromatic N) is 1. The summed E-state index contributed by atoms with van der Waals surface area (Å²) in [6.07, 6.45) is 4.77. The zero-order chi connectivity index (χ0) is 19.3. The molecule has 1 amide bonds. The van der Waals surface area contributed by atoms with Crippen LogP contribution in [0.3, 0.4) is 0 Å². The van der Waals surface area contributed by atoms with Crippen molar-refractivity contribution < 1.29 is 14.3 Å². The summed E-state index contributed by atoms with van der Waals surface area (Å²) >= 11 is 3.42. The molecular formula is C21H31BrN2O3. The van der Waals surface area contributed by atoms with E-state index in [1.54, 1.807) is 0 Å². The van der Waals surface area contributed by atoms with Crippen LogP contribution >= 0.6 is 15.9 Å². The van der Waals surface area contributed by atoms with Crippen molar-refractivity contribution in [2.45, 2.75) is 63.8 Å². The van der Waals surface area contributed by atoms with Crippen LogP contribution in [0.4, 0.5) is 0 Å². The smallest absolute Gasteiger partial charge is 0.251 e. The number of hydrogen-bond donors (Lipinski definition) is 1. The number of benzene rings is 1. The Labute approximate surface area is 170 Å². The summed E-state index contributed by atoms with van der Waals surface area (Å²) in [5.74, 6) is -0.512. The molecule has 0 bridgehead atoms. The van der Waals surface area contributed by atoms with Gasteiger partial charge in [-0.3, -0.25) is 9.69 Å². The topological polar surface area (TPSA) is 50.8 Å². The molecule has 150 valence electrons. The molecule has 6 heteroatoms. The molecule has 2 aliphatic rings. The minimum atomic E-state index is -0.510. The average Bonchev–Trinajstić information content (AvgIpc) is 2.76. The van der Waals surface area contributed by atoms with Crippen LogP contribution in [-0.4, -0.2) is 55.0 Å². The van der Waals surface area contributed by atoms with E-state index in [1.165, 1.54) is 6.42 Å². The third-order valence-electron chi connectivity index (χ3n) is 5.72. The number of nitrogens with one attached hydrogen (secondary N) is 1. The van der Waals surface area contributed by atoms with Crippen molar-refractivity contribution in [3.8, 4) is 0 Å². The lowest BCUT2D eigenvalue weighted by Gasteiger charge is -2.42. The molecule has 2 atom stereocenters. The molecule has 1 aromatic rings. The van der Waals surface area contributed by atoms with E-state index in [0.717, 1.165) is 43.2 Å². The number of likely N-dealkylation sites (tertiary alicyclic amines) is 1. The second-order valence-electron chi connectivity index (χ2n) is 7.40. The van der Waals surface area contributed by atoms with Gasteiger partial charge in [-0.15, -0.1) is 0 Å². The standard InChI is InChI=1S/C21H31BrN2O3/c1-3-26-21(27-4-2)12-10-18(19(11-13-21)24-14-5-15-24)23-20(25)16-6-8-17(22)9-7-16/h6-9,18-19H,3-5,10-15H2,1-2H3,(H,23,25). The van der Waals surface area contributed by atoms with Gasteiger partial charge in [0.15, 0.2) is 5.79 Å². The fourth-order valence-electron chi connectivity index (χ4n) is 4.25. The van der Waals surface area contributed by atoms with E-state index in [-0.39, 0.29) is 11.9 Å². The summed E-state index contributed by atoms with van der Waals surface area (Å²) in [5, 5.41) is 3.31. The predicted octanol–water partition coefficient (Wildman–Crippen LogP) is 3.97. The number of rotatable bonds is 7. The quantitative estimate of drug-likeness (QED) is 0.516. The summed E-state index contributed by atoms with van der Waals surface area (Å²) in [7, 11) is 0. The fraction of sp³-hybridized carbons (Fsp3) is 0.667. The molecular weight excluding hydrogens is 408 g/mol. The van der Waals surface area contributed by atoms with Crippen LogP contribution < -0.4 is 5.32 Å². The minimum absolute atomic E-state index is 0.00153. The molecule has 5 nitrogen and oxygen atoms in total. The van der Waals surface area contributed by atoms with Gasteiger partial charge in [-0.05, 0) is 70.5 Å². The summed E-state index contributed by atoms with van der Waals surface area (Å²) < 4.78 is 13.1. The maximum Gasteiger partial charge on any atom is 0.251 e. The molecule has 2 unspecified atom stereocenters. The molecule has 1 saturated carbocycles. The third kappa shape index (κ3) is 5.11. The third-order valence-corrected chi connectivity index (χ3v) is 6.25. The molecule has 1 aliphatic heterocycles. The zero-order valence-corrected chi connectivity index (χ0v) is 18.0. The molecule has 1 N–H and O–H groups in total. The second-order valence-corrected chi connectivity index (χ2v) is 8.31. The average molecular weight is 439 g/mol. The van der Waals surface area contributed by atoms with Crippen LogP contribution in [0.5, 0.6) is 0 Å². The van der Waals surface area contributed by atoms with E-state index < -0.39 is 5.79 Å². The molecule has 0 aromatic heterocycles. The van der Waals surface area contributed by atoms with Gasteiger partial charge in [-0.2, -0.15) is 0 Å². The number of ether oxygens (including phenoxy) is 2. The first-order chi connectivity index (χ1) is 13.1. The van der Waals surface area contributed by atoms with Gasteiger partial charge in [0.1, 0.15) is 0 Å². The predicted molar refractivity (Wildman–Crippen MR) is 110 cm³/mol. The molecule has 27 heavy (non-hydrogen) atoms. The Morgan fingerprint density at radius 1 is 1.15 bits per heavy atom. The van der Waals surface area contributed by atoms with Crippen LogP contribution in [0.1, 0.15) is 56.3 Å². The van der Waals surface area contributed by atoms with E-state index in [0.29, 0.717) is 24.8 Å². The fourth-order valence-corrected chi connectivity index (χ4v) is 4.51. The van der Waals surface area contributed by atoms with Gasteiger partial charge >= 0.3 is 0 Å². The maximum absolute atomic E-state index is 12.8. The molecule has 1 saturated heterocycles. The van der Waals surface area contributed by atoms with Crippen molar-refractivity contribution in [2.24, 2.45) is 0 Å². The van der Waals surface area contributed by atoms with Gasteiger partial charge in [0.2, 0.25) is 0 Å². The first kappa shape index (κ1) is 20.8. The van der Waals surface area contributed by atoms with Gasteiger partial charge in [-0.1, -0.05) is 15.9 Å². The second kappa shape index (κ2) is 9.50. The van der Waals surface area contributed by atoms with E-state index in [4.69, 9.17) is 9.47 Å². The molecule has 1 aromatic carbocycles. The Morgan fingerprint density at radius 2 is 1.78 bits per heavy atom. The van der Waals surface area contributed by atoms with Gasteiger partial charge < -0.3 is 14.8 Å². The Bertz CT molecular complexity index is 612. The highest BCUT2D eigenvalue weighted by Crippen LogP contribution is 2.35. The maximum atomic E-state index is 12.8. The van der Waals surface area contributed by atoms with Crippen LogP contribution in [0.15, 0.2) is 28.7 Å². The lowest BCUT2D eigenvalue weighted by molar-refractivity contribution is -0.240. The van der Waals surface area contributed by atoms with Crippen LogP contribution in [-0.2, 0) is 9.47 Å². The van der Waals surface area contributed by atoms with Crippen molar-refractivity contribution >= 4 is 21.8 Å². The van der Waals surface area contributed by atoms with Crippen molar-refractivity contribution in [3.05, 3.63) is 34.3 Å². The Balaban J connectivity index is 1.74. The lowest BCUT2D eigenvalue weighted by Crippen LogP contribution is -2.55. The highest BCUT2D eigenvalue weighted by molar-refractivity contribution is 9.10. The van der Waals surface area contributed by atoms with E-state index in [9.17, 15) is 4.79 Å². The monoisotopic (exact) mass is 438 g/mol. The Kier molecular flexibility index (Phi) is 7.31. The van der Waals surface area contributed by atoms with Crippen molar-refractivity contribution in [1.82, 2.24) is 10.2 Å². The normalized spacial score (nSPS) is 25.4. The van der Waals surface area contributed by atoms with Gasteiger partial charge in [0.25, 0.3) is 5.91 Å². The minimum Gasteiger partial charge on any atom is -0.350 e. The molecule has 1 heterocycles. The largest absolute Gasteiger partial charge is 0.350 e. The van der Waals surface area contributed by atoms with Gasteiger partial charge in [0, 0.05) is 48.2 Å². The molecule has 3 rings (SSSR count). The first-order valence-electron chi connectivity index (χ1n) is 10.2. The first-order valence-corrected chi connectivity index (χ1v) is 10.9. The number of halogens is 1. The van der Waals surface area contributed by atoms with Crippen molar-refractivity contribution in [2.75, 3.05) is 26.3 Å². The molecule has 0 radical (unpaired) electrons. The number of carbonyl (C=O) groups excluding carboxylic acids is 1. The summed E-state index contributed by atoms with van der Waals surface area (Å²) in [6.45, 7) is 7.56.